The lowest BCUT2D eigenvalue weighted by atomic mass is 10.1. The molecule has 154 valence electrons. The lowest BCUT2D eigenvalue weighted by molar-refractivity contribution is -0.115. The van der Waals surface area contributed by atoms with Gasteiger partial charge in [-0.05, 0) is 44.5 Å². The van der Waals surface area contributed by atoms with Crippen LogP contribution in [0.25, 0.3) is 21.5 Å². The summed E-state index contributed by atoms with van der Waals surface area (Å²) in [6.45, 7) is 5.77. The van der Waals surface area contributed by atoms with Gasteiger partial charge in [0.1, 0.15) is 10.7 Å². The quantitative estimate of drug-likeness (QED) is 0.417. The molecule has 3 heterocycles. The van der Waals surface area contributed by atoms with Crippen molar-refractivity contribution < 1.29 is 4.79 Å². The van der Waals surface area contributed by atoms with Crippen molar-refractivity contribution in [3.63, 3.8) is 0 Å². The second-order valence-electron chi connectivity index (χ2n) is 6.97. The Kier molecular flexibility index (Phi) is 5.74. The Bertz CT molecular complexity index is 1260. The molecule has 1 unspecified atom stereocenters. The van der Waals surface area contributed by atoms with Gasteiger partial charge in [0.2, 0.25) is 5.91 Å². The number of carbonyl (C=O) groups is 1. The Balaban J connectivity index is 1.41. The van der Waals surface area contributed by atoms with Crippen molar-refractivity contribution in [1.82, 2.24) is 20.2 Å². The van der Waals surface area contributed by atoms with Crippen LogP contribution >= 0.6 is 23.1 Å². The standard InChI is InChI=1S/C21H21N5O2S2/c1-11-12(2)30-21-18(11)20(28)24-17(25-21)10-29-13(3)19(27)23-15-6-4-5-14(9-15)16-7-8-22-26-16/h4-9,13H,10H2,1-3H3,(H,22,26)(H,23,27)(H,24,25,28). The molecule has 1 aromatic carbocycles. The summed E-state index contributed by atoms with van der Waals surface area (Å²) in [6, 6.07) is 9.47. The molecular weight excluding hydrogens is 418 g/mol. The minimum Gasteiger partial charge on any atom is -0.325 e. The SMILES string of the molecule is Cc1sc2nc(CSC(C)C(=O)Nc3cccc(-c4ccn[nH]4)c3)[nH]c(=O)c2c1C. The molecule has 0 saturated carbocycles. The topological polar surface area (TPSA) is 104 Å². The normalized spacial score (nSPS) is 12.2. The molecule has 0 bridgehead atoms. The van der Waals surface area contributed by atoms with Crippen molar-refractivity contribution in [3.05, 3.63) is 63.1 Å². The third-order valence-corrected chi connectivity index (χ3v) is 7.12. The van der Waals surface area contributed by atoms with Crippen LogP contribution in [0.5, 0.6) is 0 Å². The Morgan fingerprint density at radius 2 is 2.13 bits per heavy atom. The monoisotopic (exact) mass is 439 g/mol. The average molecular weight is 440 g/mol. The van der Waals surface area contributed by atoms with Crippen LogP contribution in [-0.4, -0.2) is 31.3 Å². The maximum atomic E-state index is 12.6. The molecule has 0 radical (unpaired) electrons. The van der Waals surface area contributed by atoms with Crippen LogP contribution in [0.2, 0.25) is 0 Å². The number of thioether (sulfide) groups is 1. The van der Waals surface area contributed by atoms with Gasteiger partial charge in [-0.15, -0.1) is 23.1 Å². The molecule has 0 aliphatic heterocycles. The van der Waals surface area contributed by atoms with Gasteiger partial charge in [0.15, 0.2) is 0 Å². The van der Waals surface area contributed by atoms with Crippen LogP contribution in [0.15, 0.2) is 41.3 Å². The number of aromatic nitrogens is 4. The molecule has 3 aromatic heterocycles. The highest BCUT2D eigenvalue weighted by atomic mass is 32.2. The third kappa shape index (κ3) is 4.17. The van der Waals surface area contributed by atoms with Gasteiger partial charge in [0.05, 0.1) is 22.1 Å². The van der Waals surface area contributed by atoms with Gasteiger partial charge in [0, 0.05) is 22.3 Å². The minimum absolute atomic E-state index is 0.104. The number of nitrogens with zero attached hydrogens (tertiary/aromatic N) is 2. The number of benzene rings is 1. The summed E-state index contributed by atoms with van der Waals surface area (Å²) in [5.41, 5.74) is 3.41. The van der Waals surface area contributed by atoms with E-state index in [4.69, 9.17) is 0 Å². The van der Waals surface area contributed by atoms with E-state index in [9.17, 15) is 9.59 Å². The number of rotatable bonds is 6. The number of amides is 1. The smallest absolute Gasteiger partial charge is 0.259 e. The first-order valence-electron chi connectivity index (χ1n) is 9.43. The van der Waals surface area contributed by atoms with E-state index in [2.05, 4.69) is 25.5 Å². The van der Waals surface area contributed by atoms with Crippen molar-refractivity contribution in [3.8, 4) is 11.3 Å². The maximum absolute atomic E-state index is 12.6. The Morgan fingerprint density at radius 1 is 1.30 bits per heavy atom. The number of H-pyrrole nitrogens is 2. The molecule has 1 atom stereocenters. The van der Waals surface area contributed by atoms with Crippen molar-refractivity contribution in [1.29, 1.82) is 0 Å². The van der Waals surface area contributed by atoms with Gasteiger partial charge in [0.25, 0.3) is 5.56 Å². The number of aryl methyl sites for hydroxylation is 2. The fourth-order valence-corrected chi connectivity index (χ4v) is 4.88. The first-order chi connectivity index (χ1) is 14.4. The Hall–Kier alpha value is -2.91. The van der Waals surface area contributed by atoms with Gasteiger partial charge >= 0.3 is 0 Å². The summed E-state index contributed by atoms with van der Waals surface area (Å²) in [5.74, 6) is 0.928. The largest absolute Gasteiger partial charge is 0.325 e. The van der Waals surface area contributed by atoms with Gasteiger partial charge in [-0.25, -0.2) is 4.98 Å². The number of fused-ring (bicyclic) bond motifs is 1. The van der Waals surface area contributed by atoms with E-state index in [1.807, 2.05) is 51.1 Å². The number of hydrogen-bond acceptors (Lipinski definition) is 6. The molecule has 0 aliphatic rings. The highest BCUT2D eigenvalue weighted by Crippen LogP contribution is 2.27. The number of anilines is 1. The average Bonchev–Trinajstić information content (AvgIpc) is 3.35. The van der Waals surface area contributed by atoms with E-state index < -0.39 is 0 Å². The molecule has 9 heteroatoms. The molecule has 0 aliphatic carbocycles. The molecule has 0 fully saturated rings. The molecule has 3 N–H and O–H groups in total. The second kappa shape index (κ2) is 8.45. The number of nitrogens with one attached hydrogen (secondary N) is 3. The highest BCUT2D eigenvalue weighted by Gasteiger charge is 2.16. The summed E-state index contributed by atoms with van der Waals surface area (Å²) < 4.78 is 0. The van der Waals surface area contributed by atoms with Gasteiger partial charge in [-0.3, -0.25) is 14.7 Å². The number of hydrogen-bond donors (Lipinski definition) is 3. The maximum Gasteiger partial charge on any atom is 0.259 e. The molecular formula is C21H21N5O2S2. The summed E-state index contributed by atoms with van der Waals surface area (Å²) in [5, 5.41) is 10.2. The number of aromatic amines is 2. The predicted octanol–water partition coefficient (Wildman–Crippen LogP) is 4.25. The first kappa shape index (κ1) is 20.4. The third-order valence-electron chi connectivity index (χ3n) is 4.87. The predicted molar refractivity (Wildman–Crippen MR) is 123 cm³/mol. The van der Waals surface area contributed by atoms with Crippen molar-refractivity contribution in [2.24, 2.45) is 0 Å². The summed E-state index contributed by atoms with van der Waals surface area (Å²) in [4.78, 5) is 34.3. The van der Waals surface area contributed by atoms with E-state index >= 15 is 0 Å². The molecule has 7 nitrogen and oxygen atoms in total. The molecule has 0 saturated heterocycles. The van der Waals surface area contributed by atoms with E-state index in [1.54, 1.807) is 6.20 Å². The summed E-state index contributed by atoms with van der Waals surface area (Å²) in [6.07, 6.45) is 1.69. The van der Waals surface area contributed by atoms with Crippen LogP contribution < -0.4 is 10.9 Å². The van der Waals surface area contributed by atoms with Crippen molar-refractivity contribution >= 4 is 44.9 Å². The van der Waals surface area contributed by atoms with Crippen LogP contribution in [0.3, 0.4) is 0 Å². The highest BCUT2D eigenvalue weighted by molar-refractivity contribution is 7.99. The van der Waals surface area contributed by atoms with Crippen LogP contribution in [0.4, 0.5) is 5.69 Å². The van der Waals surface area contributed by atoms with Gasteiger partial charge < -0.3 is 10.3 Å². The first-order valence-corrected chi connectivity index (χ1v) is 11.3. The lowest BCUT2D eigenvalue weighted by Crippen LogP contribution is -2.23. The fraction of sp³-hybridized carbons (Fsp3) is 0.238. The van der Waals surface area contributed by atoms with E-state index in [1.165, 1.54) is 23.1 Å². The van der Waals surface area contributed by atoms with Crippen LogP contribution in [0, 0.1) is 13.8 Å². The number of carbonyl (C=O) groups excluding carboxylic acids is 1. The van der Waals surface area contributed by atoms with Gasteiger partial charge in [-0.2, -0.15) is 5.10 Å². The molecule has 1 amide bonds. The molecule has 4 rings (SSSR count). The minimum atomic E-state index is -0.311. The van der Waals surface area contributed by atoms with Gasteiger partial charge in [-0.1, -0.05) is 12.1 Å². The lowest BCUT2D eigenvalue weighted by Gasteiger charge is -2.12. The molecule has 0 spiro atoms. The van der Waals surface area contributed by atoms with E-state index in [0.29, 0.717) is 17.0 Å². The van der Waals surface area contributed by atoms with E-state index in [-0.39, 0.29) is 16.7 Å². The summed E-state index contributed by atoms with van der Waals surface area (Å²) >= 11 is 2.95. The van der Waals surface area contributed by atoms with Crippen molar-refractivity contribution in [2.45, 2.75) is 31.8 Å². The van der Waals surface area contributed by atoms with Crippen molar-refractivity contribution in [2.75, 3.05) is 5.32 Å². The van der Waals surface area contributed by atoms with E-state index in [0.717, 1.165) is 32.2 Å². The zero-order valence-electron chi connectivity index (χ0n) is 16.8. The Labute approximate surface area is 181 Å². The fourth-order valence-electron chi connectivity index (χ4n) is 3.07. The van der Waals surface area contributed by atoms with Crippen LogP contribution in [0.1, 0.15) is 23.2 Å². The molecule has 30 heavy (non-hydrogen) atoms. The molecule has 4 aromatic rings. The second-order valence-corrected chi connectivity index (χ2v) is 9.50. The zero-order chi connectivity index (χ0) is 21.3. The Morgan fingerprint density at radius 3 is 2.90 bits per heavy atom. The van der Waals surface area contributed by atoms with Crippen LogP contribution in [-0.2, 0) is 10.5 Å². The zero-order valence-corrected chi connectivity index (χ0v) is 18.4. The number of thiophene rings is 1. The summed E-state index contributed by atoms with van der Waals surface area (Å²) in [7, 11) is 0.